The molecule has 1 amide bonds. The van der Waals surface area contributed by atoms with Crippen molar-refractivity contribution in [2.24, 2.45) is 0 Å². The third kappa shape index (κ3) is 1.97. The fraction of sp³-hybridized carbons (Fsp3) is 0.0714. The van der Waals surface area contributed by atoms with Gasteiger partial charge in [-0.1, -0.05) is 0 Å². The number of benzene rings is 1. The molecule has 1 aliphatic rings. The molecule has 2 aromatic rings. The number of aromatic nitrogens is 1. The minimum atomic E-state index is -0.578. The molecule has 0 spiro atoms. The molecule has 8 heteroatoms. The van der Waals surface area contributed by atoms with Crippen LogP contribution >= 0.6 is 0 Å². The van der Waals surface area contributed by atoms with Gasteiger partial charge >= 0.3 is 0 Å². The fourth-order valence-corrected chi connectivity index (χ4v) is 2.41. The molecule has 2 heterocycles. The van der Waals surface area contributed by atoms with Crippen molar-refractivity contribution in [3.8, 4) is 5.75 Å². The molecule has 112 valence electrons. The van der Waals surface area contributed by atoms with Crippen molar-refractivity contribution >= 4 is 34.6 Å². The number of methoxy groups -OCH3 is 1. The monoisotopic (exact) mass is 300 g/mol. The average molecular weight is 300 g/mol. The highest BCUT2D eigenvalue weighted by Gasteiger charge is 2.30. The van der Waals surface area contributed by atoms with Gasteiger partial charge in [-0.2, -0.15) is 0 Å². The van der Waals surface area contributed by atoms with Crippen molar-refractivity contribution in [1.29, 1.82) is 0 Å². The summed E-state index contributed by atoms with van der Waals surface area (Å²) in [5, 5.41) is 13.6. The molecular weight excluding hydrogens is 288 g/mol. The number of aromatic amines is 1. The lowest BCUT2D eigenvalue weighted by molar-refractivity contribution is -0.383. The van der Waals surface area contributed by atoms with Crippen molar-refractivity contribution in [3.63, 3.8) is 0 Å². The van der Waals surface area contributed by atoms with Crippen molar-refractivity contribution in [3.05, 3.63) is 45.8 Å². The summed E-state index contributed by atoms with van der Waals surface area (Å²) in [5.74, 6) is 0.177. The van der Waals surface area contributed by atoms with Gasteiger partial charge in [-0.25, -0.2) is 0 Å². The molecule has 0 bridgehead atoms. The van der Waals surface area contributed by atoms with E-state index in [1.807, 2.05) is 0 Å². The molecule has 0 unspecified atom stereocenters. The Morgan fingerprint density at radius 1 is 1.36 bits per heavy atom. The van der Waals surface area contributed by atoms with Gasteiger partial charge in [0.2, 0.25) is 0 Å². The van der Waals surface area contributed by atoms with Crippen molar-refractivity contribution < 1.29 is 14.5 Å². The Hall–Kier alpha value is -3.29. The fourth-order valence-electron chi connectivity index (χ4n) is 2.41. The van der Waals surface area contributed by atoms with E-state index in [2.05, 4.69) is 10.3 Å². The molecule has 1 aliphatic heterocycles. The molecule has 1 aromatic carbocycles. The Morgan fingerprint density at radius 2 is 2.14 bits per heavy atom. The van der Waals surface area contributed by atoms with Crippen LogP contribution in [0.5, 0.6) is 5.75 Å². The lowest BCUT2D eigenvalue weighted by atomic mass is 10.0. The first-order chi connectivity index (χ1) is 10.5. The van der Waals surface area contributed by atoms with Crippen LogP contribution in [-0.2, 0) is 4.79 Å². The van der Waals surface area contributed by atoms with Gasteiger partial charge in [0.1, 0.15) is 11.4 Å². The number of nitro benzene ring substituents is 1. The highest BCUT2D eigenvalue weighted by molar-refractivity contribution is 6.36. The third-order valence-corrected chi connectivity index (χ3v) is 3.43. The smallest absolute Gasteiger partial charge is 0.292 e. The van der Waals surface area contributed by atoms with Crippen molar-refractivity contribution in [1.82, 2.24) is 4.98 Å². The molecule has 0 atom stereocenters. The second kappa shape index (κ2) is 4.92. The number of hydrogen-bond acceptors (Lipinski definition) is 5. The molecule has 0 saturated heterocycles. The largest absolute Gasteiger partial charge is 0.495 e. The lowest BCUT2D eigenvalue weighted by Gasteiger charge is -2.04. The minimum Gasteiger partial charge on any atom is -0.495 e. The van der Waals surface area contributed by atoms with Crippen LogP contribution in [0.25, 0.3) is 11.6 Å². The maximum Gasteiger partial charge on any atom is 0.292 e. The van der Waals surface area contributed by atoms with E-state index in [9.17, 15) is 14.9 Å². The number of nitrogens with zero attached hydrogens (tertiary/aromatic N) is 1. The van der Waals surface area contributed by atoms with Crippen LogP contribution in [0.2, 0.25) is 0 Å². The highest BCUT2D eigenvalue weighted by Crippen LogP contribution is 2.41. The Bertz CT molecular complexity index is 822. The number of anilines is 2. The van der Waals surface area contributed by atoms with Gasteiger partial charge in [0.05, 0.1) is 29.0 Å². The highest BCUT2D eigenvalue weighted by atomic mass is 16.6. The number of nitrogens with one attached hydrogen (secondary N) is 2. The predicted molar refractivity (Wildman–Crippen MR) is 81.4 cm³/mol. The van der Waals surface area contributed by atoms with E-state index < -0.39 is 4.92 Å². The quantitative estimate of drug-likeness (QED) is 0.346. The normalized spacial score (nSPS) is 14.8. The second-order valence-electron chi connectivity index (χ2n) is 4.65. The van der Waals surface area contributed by atoms with Gasteiger partial charge in [0.25, 0.3) is 11.6 Å². The van der Waals surface area contributed by atoms with Gasteiger partial charge in [0, 0.05) is 17.8 Å². The molecule has 22 heavy (non-hydrogen) atoms. The number of nitro groups is 1. The van der Waals surface area contributed by atoms with E-state index in [1.54, 1.807) is 18.3 Å². The van der Waals surface area contributed by atoms with E-state index in [0.29, 0.717) is 22.7 Å². The van der Waals surface area contributed by atoms with E-state index in [4.69, 9.17) is 10.5 Å². The maximum atomic E-state index is 12.1. The van der Waals surface area contributed by atoms with Gasteiger partial charge in [-0.3, -0.25) is 14.9 Å². The number of hydrogen-bond donors (Lipinski definition) is 3. The molecule has 3 rings (SSSR count). The van der Waals surface area contributed by atoms with Gasteiger partial charge in [-0.15, -0.1) is 0 Å². The summed E-state index contributed by atoms with van der Waals surface area (Å²) >= 11 is 0. The summed E-state index contributed by atoms with van der Waals surface area (Å²) in [4.78, 5) is 25.5. The average Bonchev–Trinajstić information content (AvgIpc) is 3.04. The number of ether oxygens (including phenoxy) is 1. The second-order valence-corrected chi connectivity index (χ2v) is 4.65. The van der Waals surface area contributed by atoms with Gasteiger partial charge in [-0.05, 0) is 18.2 Å². The summed E-state index contributed by atoms with van der Waals surface area (Å²) in [6.07, 6.45) is 3.22. The third-order valence-electron chi connectivity index (χ3n) is 3.43. The summed E-state index contributed by atoms with van der Waals surface area (Å²) in [6.45, 7) is 0. The van der Waals surface area contributed by atoms with Crippen LogP contribution in [0, 0.1) is 10.1 Å². The van der Waals surface area contributed by atoms with E-state index in [-0.39, 0.29) is 22.9 Å². The van der Waals surface area contributed by atoms with E-state index in [0.717, 1.165) is 0 Å². The van der Waals surface area contributed by atoms with Gasteiger partial charge in [0.15, 0.2) is 0 Å². The summed E-state index contributed by atoms with van der Waals surface area (Å²) in [5.41, 5.74) is 7.19. The van der Waals surface area contributed by atoms with Crippen LogP contribution in [0.1, 0.15) is 11.3 Å². The summed E-state index contributed by atoms with van der Waals surface area (Å²) < 4.78 is 5.16. The molecule has 8 nitrogen and oxygen atoms in total. The van der Waals surface area contributed by atoms with E-state index in [1.165, 1.54) is 19.2 Å². The molecule has 0 radical (unpaired) electrons. The Morgan fingerprint density at radius 3 is 2.82 bits per heavy atom. The van der Waals surface area contributed by atoms with Crippen LogP contribution in [0.3, 0.4) is 0 Å². The maximum absolute atomic E-state index is 12.1. The first-order valence-corrected chi connectivity index (χ1v) is 6.34. The first-order valence-electron chi connectivity index (χ1n) is 6.34. The summed E-state index contributed by atoms with van der Waals surface area (Å²) in [7, 11) is 1.51. The predicted octanol–water partition coefficient (Wildman–Crippen LogP) is 2.01. The zero-order chi connectivity index (χ0) is 15.9. The molecule has 4 N–H and O–H groups in total. The number of fused-ring (bicyclic) bond motifs is 1. The number of amides is 1. The van der Waals surface area contributed by atoms with Gasteiger partial charge < -0.3 is 20.8 Å². The summed E-state index contributed by atoms with van der Waals surface area (Å²) in [6, 6.07) is 4.44. The molecule has 1 aromatic heterocycles. The number of rotatable bonds is 3. The number of carbonyl (C=O) groups excluding carboxylic acids is 1. The Balaban J connectivity index is 2.19. The molecule has 0 aliphatic carbocycles. The Labute approximate surface area is 124 Å². The zero-order valence-electron chi connectivity index (χ0n) is 11.5. The first kappa shape index (κ1) is 13.7. The van der Waals surface area contributed by atoms with Crippen LogP contribution in [0.4, 0.5) is 17.1 Å². The lowest BCUT2D eigenvalue weighted by Crippen LogP contribution is -2.03. The van der Waals surface area contributed by atoms with Crippen molar-refractivity contribution in [2.75, 3.05) is 18.2 Å². The molecule has 0 fully saturated rings. The number of H-pyrrole nitrogens is 1. The zero-order valence-corrected chi connectivity index (χ0v) is 11.5. The standard InChI is InChI=1S/C14H12N4O4/c1-22-11-4-5-16-9(11)6-7-12-8(17-14(7)19)2-3-10(13(12)15)18(20)21/h2-6,16H,15H2,1H3,(H,17,19)/b7-6-. The van der Waals surface area contributed by atoms with Crippen LogP contribution in [-0.4, -0.2) is 22.9 Å². The topological polar surface area (TPSA) is 123 Å². The SMILES string of the molecule is COc1cc[nH]c1/C=C1\C(=O)Nc2ccc([N+](=O)[O-])c(N)c21. The number of carbonyl (C=O) groups is 1. The van der Waals surface area contributed by atoms with Crippen molar-refractivity contribution in [2.45, 2.75) is 0 Å². The molecular formula is C14H12N4O4. The van der Waals surface area contributed by atoms with Crippen LogP contribution < -0.4 is 15.8 Å². The Kier molecular flexibility index (Phi) is 3.06. The number of nitrogens with two attached hydrogens (primary N) is 1. The van der Waals surface area contributed by atoms with E-state index >= 15 is 0 Å². The minimum absolute atomic E-state index is 0.0439. The molecule has 0 saturated carbocycles. The number of nitrogen functional groups attached to an aromatic ring is 1. The van der Waals surface area contributed by atoms with Crippen LogP contribution in [0.15, 0.2) is 24.4 Å².